The van der Waals surface area contributed by atoms with Crippen LogP contribution in [0.2, 0.25) is 0 Å². The van der Waals surface area contributed by atoms with Crippen LogP contribution in [-0.2, 0) is 0 Å². The van der Waals surface area contributed by atoms with Gasteiger partial charge in [0.2, 0.25) is 8.07 Å². The number of hydrogen-bond acceptors (Lipinski definition) is 0. The lowest BCUT2D eigenvalue weighted by atomic mass is 10.8. The van der Waals surface area contributed by atoms with Crippen LogP contribution in [0.1, 0.15) is 0 Å². The highest BCUT2D eigenvalue weighted by molar-refractivity contribution is 7.24. The number of rotatable bonds is 8. The molecule has 0 aliphatic rings. The van der Waals surface area contributed by atoms with Crippen molar-refractivity contribution in [3.8, 4) is 0 Å². The molecule has 4 atom stereocenters. The Morgan fingerprint density at radius 1 is 0.440 bits per heavy atom. The summed E-state index contributed by atoms with van der Waals surface area (Å²) in [7, 11) is -2.88. The van der Waals surface area contributed by atoms with Crippen LogP contribution in [0.25, 0.3) is 0 Å². The molecule has 25 heavy (non-hydrogen) atoms. The molecule has 0 heterocycles. The predicted molar refractivity (Wildman–Crippen MR) is 142 cm³/mol. The number of alkyl halides is 12. The summed E-state index contributed by atoms with van der Waals surface area (Å²) < 4.78 is -7.43. The first-order chi connectivity index (χ1) is 10.8. The van der Waals surface area contributed by atoms with Gasteiger partial charge in [0.05, 0.1) is 0 Å². The summed E-state index contributed by atoms with van der Waals surface area (Å²) in [6.07, 6.45) is 0. The summed E-state index contributed by atoms with van der Waals surface area (Å²) in [5.41, 5.74) is 0. The Morgan fingerprint density at radius 2 is 0.560 bits per heavy atom. The van der Waals surface area contributed by atoms with E-state index in [0.717, 1.165) is 0 Å². The highest BCUT2D eigenvalue weighted by atomic mass is 35.5. The van der Waals surface area contributed by atoms with Crippen molar-refractivity contribution in [2.24, 2.45) is 0 Å². The average Bonchev–Trinajstić information content (AvgIpc) is 2.36. The fourth-order valence-corrected chi connectivity index (χ4v) is 29.0. The summed E-state index contributed by atoms with van der Waals surface area (Å²) >= 11 is 79.7. The van der Waals surface area contributed by atoms with Crippen molar-refractivity contribution < 1.29 is 0 Å². The van der Waals surface area contributed by atoms with E-state index in [0.29, 0.717) is 41.0 Å². The Morgan fingerprint density at radius 3 is 0.640 bits per heavy atom. The first-order valence-electron chi connectivity index (χ1n) is 6.85. The van der Waals surface area contributed by atoms with Crippen LogP contribution < -0.4 is 0 Å². The molecule has 0 N–H and O–H groups in total. The molecule has 0 rings (SSSR count). The molecular formula is C8H16Cl12Si5. The molecule has 0 spiro atoms. The molecule has 0 aliphatic carbocycles. The maximum Gasteiger partial charge on any atom is 0.223 e. The van der Waals surface area contributed by atoms with Crippen molar-refractivity contribution in [2.75, 3.05) is 0 Å². The summed E-state index contributed by atoms with van der Waals surface area (Å²) in [6.45, 7) is 0. The van der Waals surface area contributed by atoms with Gasteiger partial charge in [0.1, 0.15) is 15.8 Å². The van der Waals surface area contributed by atoms with Crippen LogP contribution in [0.5, 0.6) is 0 Å². The summed E-state index contributed by atoms with van der Waals surface area (Å²) in [5, 5.41) is -3.22. The van der Waals surface area contributed by atoms with Crippen LogP contribution in [0, 0.1) is 0 Å². The van der Waals surface area contributed by atoms with E-state index in [1.165, 1.54) is 0 Å². The molecule has 0 bridgehead atoms. The van der Waals surface area contributed by atoms with E-state index >= 15 is 0 Å². The summed E-state index contributed by atoms with van der Waals surface area (Å²) in [5.74, 6) is 0. The standard InChI is InChI=1S/C8H16Cl12Si5/c9-1(21)5(13,14)25(6(15,16)2(10)22,7(17,18)3(11)23)8(19,20)4(12)24/h1-4H,21-24H3. The molecule has 0 saturated heterocycles. The van der Waals surface area contributed by atoms with Gasteiger partial charge >= 0.3 is 0 Å². The van der Waals surface area contributed by atoms with Crippen molar-refractivity contribution in [3.05, 3.63) is 0 Å². The molecule has 0 aromatic carbocycles. The van der Waals surface area contributed by atoms with E-state index < -0.39 is 43.9 Å². The lowest BCUT2D eigenvalue weighted by molar-refractivity contribution is 0.845. The Labute approximate surface area is 221 Å². The second-order valence-corrected chi connectivity index (χ2v) is 28.6. The molecule has 0 aliphatic heterocycles. The average molecular weight is 678 g/mol. The molecule has 0 amide bonds. The van der Waals surface area contributed by atoms with Gasteiger partial charge in [-0.15, -0.1) is 139 Å². The van der Waals surface area contributed by atoms with E-state index in [1.807, 2.05) is 0 Å². The monoisotopic (exact) mass is 672 g/mol. The maximum atomic E-state index is 6.77. The second-order valence-electron chi connectivity index (χ2n) is 5.71. The molecule has 0 aromatic heterocycles. The smallest absolute Gasteiger partial charge is 0.125 e. The first kappa shape index (κ1) is 29.6. The third-order valence-electron chi connectivity index (χ3n) is 4.00. The topological polar surface area (TPSA) is 0 Å². The minimum atomic E-state index is -4.22. The van der Waals surface area contributed by atoms with Crippen molar-refractivity contribution in [1.29, 1.82) is 0 Å². The van der Waals surface area contributed by atoms with Crippen molar-refractivity contribution in [3.63, 3.8) is 0 Å². The van der Waals surface area contributed by atoms with Crippen LogP contribution >= 0.6 is 139 Å². The Balaban J connectivity index is 7.51. The highest BCUT2D eigenvalue weighted by Crippen LogP contribution is 2.66. The van der Waals surface area contributed by atoms with Gasteiger partial charge in [-0.2, -0.15) is 0 Å². The number of hydrogen-bond donors (Lipinski definition) is 0. The lowest BCUT2D eigenvalue weighted by Crippen LogP contribution is -2.87. The maximum absolute atomic E-state index is 6.77. The Kier molecular flexibility index (Phi) is 11.8. The van der Waals surface area contributed by atoms with Crippen LogP contribution in [0.3, 0.4) is 0 Å². The minimum Gasteiger partial charge on any atom is -0.125 e. The van der Waals surface area contributed by atoms with E-state index in [4.69, 9.17) is 139 Å². The van der Waals surface area contributed by atoms with Gasteiger partial charge in [-0.05, 0) is 0 Å². The lowest BCUT2D eigenvalue weighted by Gasteiger charge is -2.61. The van der Waals surface area contributed by atoms with E-state index in [1.54, 1.807) is 0 Å². The molecule has 152 valence electrons. The molecule has 0 fully saturated rings. The van der Waals surface area contributed by atoms with Crippen LogP contribution in [0.15, 0.2) is 0 Å². The quantitative estimate of drug-likeness (QED) is 0.273. The zero-order valence-corrected chi connectivity index (χ0v) is 31.4. The minimum absolute atomic E-state index is 0.336. The van der Waals surface area contributed by atoms with E-state index in [2.05, 4.69) is 0 Å². The van der Waals surface area contributed by atoms with Crippen LogP contribution in [-0.4, -0.2) is 84.9 Å². The zero-order valence-electron chi connectivity index (χ0n) is 13.3. The van der Waals surface area contributed by atoms with Gasteiger partial charge in [0.15, 0.2) is 0 Å². The summed E-state index contributed by atoms with van der Waals surface area (Å²) in [6, 6.07) is 0. The van der Waals surface area contributed by atoms with Gasteiger partial charge in [-0.1, -0.05) is 0 Å². The van der Waals surface area contributed by atoms with Gasteiger partial charge in [-0.25, -0.2) is 0 Å². The Hall–Kier alpha value is 4.56. The van der Waals surface area contributed by atoms with Crippen molar-refractivity contribution in [1.82, 2.24) is 0 Å². The SMILES string of the molecule is [SiH3]C(Cl)C(Cl)(Cl)[Si](C(Cl)(Cl)C([SiH3])Cl)(C(Cl)(Cl)C([SiH3])Cl)C(Cl)(Cl)C([SiH3])Cl. The predicted octanol–water partition coefficient (Wildman–Crippen LogP) is 2.01. The fourth-order valence-electron chi connectivity index (χ4n) is 2.53. The molecule has 17 heteroatoms. The molecule has 0 nitrogen and oxygen atoms in total. The van der Waals surface area contributed by atoms with Crippen molar-refractivity contribution in [2.45, 2.75) is 35.8 Å². The van der Waals surface area contributed by atoms with Gasteiger partial charge in [-0.3, -0.25) is 0 Å². The molecule has 0 radical (unpaired) electrons. The first-order valence-corrected chi connectivity index (χ1v) is 18.2. The highest BCUT2D eigenvalue weighted by Gasteiger charge is 2.84. The normalized spacial score (nSPS) is 22.6. The molecule has 0 saturated carbocycles. The Bertz CT molecular complexity index is 379. The second kappa shape index (κ2) is 10.0. The van der Waals surface area contributed by atoms with Gasteiger partial charge in [0.25, 0.3) is 0 Å². The largest absolute Gasteiger partial charge is 0.223 e. The number of halogens is 12. The molecule has 0 aromatic rings. The zero-order chi connectivity index (χ0) is 20.8. The van der Waals surface area contributed by atoms with E-state index in [-0.39, 0.29) is 0 Å². The third-order valence-corrected chi connectivity index (χ3v) is 30.8. The van der Waals surface area contributed by atoms with Gasteiger partial charge < -0.3 is 0 Å². The summed E-state index contributed by atoms with van der Waals surface area (Å²) in [4.78, 5) is 0. The van der Waals surface area contributed by atoms with E-state index in [9.17, 15) is 0 Å². The van der Waals surface area contributed by atoms with Crippen molar-refractivity contribution >= 4 is 188 Å². The van der Waals surface area contributed by atoms with Gasteiger partial charge in [0, 0.05) is 61.0 Å². The molecule has 4 unspecified atom stereocenters. The molecular weight excluding hydrogens is 662 g/mol. The fraction of sp³-hybridized carbons (Fsp3) is 1.00. The third kappa shape index (κ3) is 4.84. The van der Waals surface area contributed by atoms with Crippen LogP contribution in [0.4, 0.5) is 0 Å².